The van der Waals surface area contributed by atoms with Crippen LogP contribution in [0.1, 0.15) is 23.4 Å². The Morgan fingerprint density at radius 3 is 3.05 bits per heavy atom. The number of nitro groups is 1. The summed E-state index contributed by atoms with van der Waals surface area (Å²) in [5, 5.41) is 15.6. The van der Waals surface area contributed by atoms with Gasteiger partial charge < -0.3 is 10.2 Å². The van der Waals surface area contributed by atoms with E-state index in [1.54, 1.807) is 28.4 Å². The number of hydrogen-bond donors (Lipinski definition) is 1. The Labute approximate surface area is 131 Å². The van der Waals surface area contributed by atoms with Gasteiger partial charge in [0, 0.05) is 29.2 Å². The number of non-ortho nitro benzene ring substituents is 1. The van der Waals surface area contributed by atoms with Crippen LogP contribution in [0.3, 0.4) is 0 Å². The van der Waals surface area contributed by atoms with Gasteiger partial charge >= 0.3 is 6.03 Å². The molecule has 0 saturated heterocycles. The lowest BCUT2D eigenvalue weighted by Gasteiger charge is -2.33. The van der Waals surface area contributed by atoms with E-state index in [9.17, 15) is 14.9 Å². The smallest absolute Gasteiger partial charge is 0.317 e. The van der Waals surface area contributed by atoms with E-state index in [0.717, 1.165) is 6.42 Å². The van der Waals surface area contributed by atoms with Crippen molar-refractivity contribution >= 4 is 28.7 Å². The second-order valence-electron chi connectivity index (χ2n) is 5.16. The maximum absolute atomic E-state index is 12.4. The van der Waals surface area contributed by atoms with Crippen molar-refractivity contribution in [2.75, 3.05) is 11.9 Å². The first kappa shape index (κ1) is 14.5. The average Bonchev–Trinajstić information content (AvgIpc) is 2.97. The summed E-state index contributed by atoms with van der Waals surface area (Å²) in [6.45, 7) is 2.65. The molecule has 1 aromatic heterocycles. The summed E-state index contributed by atoms with van der Waals surface area (Å²) < 4.78 is 0. The van der Waals surface area contributed by atoms with Crippen LogP contribution in [-0.4, -0.2) is 22.4 Å². The van der Waals surface area contributed by atoms with E-state index in [2.05, 4.69) is 11.4 Å². The fraction of sp³-hybridized carbons (Fsp3) is 0.267. The SMILES string of the molecule is CC1c2ccsc2CCN1C(=O)Nc1cccc([N+](=O)[O-])c1. The van der Waals surface area contributed by atoms with Gasteiger partial charge in [-0.1, -0.05) is 6.07 Å². The average molecular weight is 317 g/mol. The molecule has 0 spiro atoms. The molecule has 6 nitrogen and oxygen atoms in total. The number of thiophene rings is 1. The predicted octanol–water partition coefficient (Wildman–Crippen LogP) is 3.81. The highest BCUT2D eigenvalue weighted by Gasteiger charge is 2.28. The van der Waals surface area contributed by atoms with E-state index in [1.807, 2.05) is 12.3 Å². The Kier molecular flexibility index (Phi) is 3.81. The van der Waals surface area contributed by atoms with Crippen LogP contribution < -0.4 is 5.32 Å². The summed E-state index contributed by atoms with van der Waals surface area (Å²) in [5.41, 5.74) is 1.58. The first-order valence-electron chi connectivity index (χ1n) is 6.94. The highest BCUT2D eigenvalue weighted by molar-refractivity contribution is 7.10. The van der Waals surface area contributed by atoms with E-state index < -0.39 is 4.92 Å². The number of hydrogen-bond acceptors (Lipinski definition) is 4. The fourth-order valence-corrected chi connectivity index (χ4v) is 3.64. The molecule has 1 aliphatic heterocycles. The molecule has 1 unspecified atom stereocenters. The van der Waals surface area contributed by atoms with Crippen LogP contribution in [0.25, 0.3) is 0 Å². The van der Waals surface area contributed by atoms with Gasteiger partial charge in [-0.2, -0.15) is 0 Å². The van der Waals surface area contributed by atoms with Crippen molar-refractivity contribution < 1.29 is 9.72 Å². The van der Waals surface area contributed by atoms with E-state index in [4.69, 9.17) is 0 Å². The number of carbonyl (C=O) groups is 1. The van der Waals surface area contributed by atoms with Crippen LogP contribution in [0, 0.1) is 10.1 Å². The predicted molar refractivity (Wildman–Crippen MR) is 85.3 cm³/mol. The van der Waals surface area contributed by atoms with E-state index in [-0.39, 0.29) is 17.8 Å². The van der Waals surface area contributed by atoms with Gasteiger partial charge in [0.05, 0.1) is 11.0 Å². The Morgan fingerprint density at radius 2 is 2.27 bits per heavy atom. The van der Waals surface area contributed by atoms with E-state index >= 15 is 0 Å². The Hall–Kier alpha value is -2.41. The van der Waals surface area contributed by atoms with Crippen LogP contribution in [0.2, 0.25) is 0 Å². The monoisotopic (exact) mass is 317 g/mol. The largest absolute Gasteiger partial charge is 0.322 e. The van der Waals surface area contributed by atoms with Gasteiger partial charge in [0.2, 0.25) is 0 Å². The molecule has 2 heterocycles. The number of urea groups is 1. The normalized spacial score (nSPS) is 17.0. The zero-order chi connectivity index (χ0) is 15.7. The van der Waals surface area contributed by atoms with Crippen LogP contribution in [0.4, 0.5) is 16.2 Å². The third kappa shape index (κ3) is 2.67. The fourth-order valence-electron chi connectivity index (χ4n) is 2.68. The van der Waals surface area contributed by atoms with Gasteiger partial charge in [-0.15, -0.1) is 11.3 Å². The van der Waals surface area contributed by atoms with Crippen molar-refractivity contribution in [3.63, 3.8) is 0 Å². The molecule has 0 radical (unpaired) electrons. The third-order valence-corrected chi connectivity index (χ3v) is 4.84. The molecule has 3 rings (SSSR count). The van der Waals surface area contributed by atoms with Crippen LogP contribution in [-0.2, 0) is 6.42 Å². The summed E-state index contributed by atoms with van der Waals surface area (Å²) in [6, 6.07) is 7.80. The summed E-state index contributed by atoms with van der Waals surface area (Å²) in [7, 11) is 0. The summed E-state index contributed by atoms with van der Waals surface area (Å²) >= 11 is 1.72. The third-order valence-electron chi connectivity index (χ3n) is 3.85. The lowest BCUT2D eigenvalue weighted by Crippen LogP contribution is -2.40. The van der Waals surface area contributed by atoms with Crippen molar-refractivity contribution in [1.29, 1.82) is 0 Å². The van der Waals surface area contributed by atoms with Gasteiger partial charge in [-0.05, 0) is 36.4 Å². The van der Waals surface area contributed by atoms with E-state index in [0.29, 0.717) is 12.2 Å². The number of amides is 2. The molecule has 0 saturated carbocycles. The Morgan fingerprint density at radius 1 is 1.45 bits per heavy atom. The van der Waals surface area contributed by atoms with Gasteiger partial charge in [-0.3, -0.25) is 10.1 Å². The number of benzene rings is 1. The summed E-state index contributed by atoms with van der Waals surface area (Å²) in [6.07, 6.45) is 0.847. The quantitative estimate of drug-likeness (QED) is 0.676. The standard InChI is InChI=1S/C15H15N3O3S/c1-10-13-6-8-22-14(13)5-7-17(10)15(19)16-11-3-2-4-12(9-11)18(20)21/h2-4,6,8-10H,5,7H2,1H3,(H,16,19). The minimum absolute atomic E-state index is 0.00805. The highest BCUT2D eigenvalue weighted by atomic mass is 32.1. The molecule has 114 valence electrons. The molecular weight excluding hydrogens is 302 g/mol. The van der Waals surface area contributed by atoms with Crippen molar-refractivity contribution in [2.24, 2.45) is 0 Å². The summed E-state index contributed by atoms with van der Waals surface area (Å²) in [4.78, 5) is 25.8. The van der Waals surface area contributed by atoms with Crippen molar-refractivity contribution in [3.05, 3.63) is 56.3 Å². The molecule has 1 aliphatic rings. The number of fused-ring (bicyclic) bond motifs is 1. The topological polar surface area (TPSA) is 75.5 Å². The lowest BCUT2D eigenvalue weighted by atomic mass is 10.0. The number of nitrogens with one attached hydrogen (secondary N) is 1. The van der Waals surface area contributed by atoms with Crippen molar-refractivity contribution in [3.8, 4) is 0 Å². The maximum atomic E-state index is 12.4. The number of anilines is 1. The van der Waals surface area contributed by atoms with Gasteiger partial charge in [0.1, 0.15) is 0 Å². The first-order valence-corrected chi connectivity index (χ1v) is 7.82. The Bertz CT molecular complexity index is 728. The zero-order valence-electron chi connectivity index (χ0n) is 12.0. The van der Waals surface area contributed by atoms with Gasteiger partial charge in [0.15, 0.2) is 0 Å². The number of nitro benzene ring substituents is 1. The second kappa shape index (κ2) is 5.76. The molecule has 2 aromatic rings. The van der Waals surface area contributed by atoms with Crippen molar-refractivity contribution in [1.82, 2.24) is 4.90 Å². The maximum Gasteiger partial charge on any atom is 0.322 e. The molecule has 1 atom stereocenters. The van der Waals surface area contributed by atoms with Gasteiger partial charge in [0.25, 0.3) is 5.69 Å². The molecule has 2 amide bonds. The second-order valence-corrected chi connectivity index (χ2v) is 6.16. The first-order chi connectivity index (χ1) is 10.6. The lowest BCUT2D eigenvalue weighted by molar-refractivity contribution is -0.384. The van der Waals surface area contributed by atoms with Crippen LogP contribution in [0.15, 0.2) is 35.7 Å². The molecule has 22 heavy (non-hydrogen) atoms. The van der Waals surface area contributed by atoms with Crippen molar-refractivity contribution in [2.45, 2.75) is 19.4 Å². The highest BCUT2D eigenvalue weighted by Crippen LogP contribution is 2.33. The van der Waals surface area contributed by atoms with Gasteiger partial charge in [-0.25, -0.2) is 4.79 Å². The molecule has 7 heteroatoms. The van der Waals surface area contributed by atoms with Crippen LogP contribution in [0.5, 0.6) is 0 Å². The number of rotatable bonds is 2. The molecule has 0 fully saturated rings. The molecule has 0 aliphatic carbocycles. The Balaban J connectivity index is 1.75. The zero-order valence-corrected chi connectivity index (χ0v) is 12.8. The molecular formula is C15H15N3O3S. The number of nitrogens with zero attached hydrogens (tertiary/aromatic N) is 2. The molecule has 1 aromatic carbocycles. The molecule has 1 N–H and O–H groups in total. The minimum atomic E-state index is -0.475. The van der Waals surface area contributed by atoms with E-state index in [1.165, 1.54) is 22.6 Å². The summed E-state index contributed by atoms with van der Waals surface area (Å²) in [5.74, 6) is 0. The molecule has 0 bridgehead atoms. The minimum Gasteiger partial charge on any atom is -0.317 e. The number of carbonyl (C=O) groups excluding carboxylic acids is 1. The van der Waals surface area contributed by atoms with Crippen LogP contribution >= 0.6 is 11.3 Å².